The molecule has 0 radical (unpaired) electrons. The molecule has 1 unspecified atom stereocenters. The first kappa shape index (κ1) is 13.1. The summed E-state index contributed by atoms with van der Waals surface area (Å²) in [4.78, 5) is 4.34. The van der Waals surface area contributed by atoms with Crippen molar-refractivity contribution in [1.82, 2.24) is 10.3 Å². The summed E-state index contributed by atoms with van der Waals surface area (Å²) < 4.78 is 5.73. The second-order valence-corrected chi connectivity index (χ2v) is 5.03. The van der Waals surface area contributed by atoms with Gasteiger partial charge in [0.1, 0.15) is 0 Å². The molecule has 0 saturated carbocycles. The predicted octanol–water partition coefficient (Wildman–Crippen LogP) is 2.42. The van der Waals surface area contributed by atoms with Gasteiger partial charge in [0.2, 0.25) is 0 Å². The van der Waals surface area contributed by atoms with Crippen LogP contribution >= 0.6 is 0 Å². The Morgan fingerprint density at radius 1 is 1.56 bits per heavy atom. The Hall–Kier alpha value is -1.29. The van der Waals surface area contributed by atoms with E-state index >= 15 is 0 Å². The van der Waals surface area contributed by atoms with Crippen molar-refractivity contribution in [2.45, 2.75) is 45.3 Å². The molecular formula is C14H23N3O. The Balaban J connectivity index is 1.83. The Labute approximate surface area is 109 Å². The van der Waals surface area contributed by atoms with Gasteiger partial charge in [-0.05, 0) is 51.8 Å². The van der Waals surface area contributed by atoms with Gasteiger partial charge in [-0.3, -0.25) is 0 Å². The number of aromatic nitrogens is 1. The van der Waals surface area contributed by atoms with Crippen LogP contribution in [0.5, 0.6) is 5.75 Å². The van der Waals surface area contributed by atoms with E-state index in [4.69, 9.17) is 4.74 Å². The summed E-state index contributed by atoms with van der Waals surface area (Å²) in [5, 5.41) is 6.87. The molecule has 0 aliphatic carbocycles. The highest BCUT2D eigenvalue weighted by Crippen LogP contribution is 2.22. The number of ether oxygens (including phenoxy) is 1. The van der Waals surface area contributed by atoms with E-state index < -0.39 is 0 Å². The van der Waals surface area contributed by atoms with E-state index in [-0.39, 0.29) is 6.10 Å². The Kier molecular flexibility index (Phi) is 4.81. The van der Waals surface area contributed by atoms with Gasteiger partial charge >= 0.3 is 0 Å². The highest BCUT2D eigenvalue weighted by molar-refractivity contribution is 5.49. The highest BCUT2D eigenvalue weighted by Gasteiger charge is 2.13. The van der Waals surface area contributed by atoms with Crippen molar-refractivity contribution < 1.29 is 4.74 Å². The summed E-state index contributed by atoms with van der Waals surface area (Å²) in [6.45, 7) is 6.15. The smallest absolute Gasteiger partial charge is 0.168 e. The van der Waals surface area contributed by atoms with Crippen molar-refractivity contribution in [3.8, 4) is 5.75 Å². The first-order valence-corrected chi connectivity index (χ1v) is 6.84. The highest BCUT2D eigenvalue weighted by atomic mass is 16.5. The maximum absolute atomic E-state index is 5.73. The lowest BCUT2D eigenvalue weighted by Crippen LogP contribution is -2.24. The molecule has 1 fully saturated rings. The first-order chi connectivity index (χ1) is 8.75. The van der Waals surface area contributed by atoms with Gasteiger partial charge in [0.05, 0.1) is 6.10 Å². The largest absolute Gasteiger partial charge is 0.487 e. The molecule has 1 aliphatic rings. The van der Waals surface area contributed by atoms with E-state index in [1.165, 1.54) is 12.8 Å². The number of rotatable bonds is 6. The lowest BCUT2D eigenvalue weighted by molar-refractivity contribution is 0.243. The van der Waals surface area contributed by atoms with E-state index in [1.807, 2.05) is 26.0 Å². The molecule has 0 amide bonds. The van der Waals surface area contributed by atoms with Crippen LogP contribution < -0.4 is 15.4 Å². The molecule has 4 heteroatoms. The van der Waals surface area contributed by atoms with Crippen molar-refractivity contribution in [2.24, 2.45) is 0 Å². The molecule has 2 N–H and O–H groups in total. The SMILES string of the molecule is CC(C)Oc1cccnc1NCCC1CCCN1. The normalized spacial score (nSPS) is 19.2. The quantitative estimate of drug-likeness (QED) is 0.813. The van der Waals surface area contributed by atoms with Crippen LogP contribution in [-0.2, 0) is 0 Å². The topological polar surface area (TPSA) is 46.2 Å². The summed E-state index contributed by atoms with van der Waals surface area (Å²) >= 11 is 0. The van der Waals surface area contributed by atoms with Crippen LogP contribution in [-0.4, -0.2) is 30.2 Å². The predicted molar refractivity (Wildman–Crippen MR) is 74.1 cm³/mol. The molecule has 2 heterocycles. The number of nitrogens with zero attached hydrogens (tertiary/aromatic N) is 1. The first-order valence-electron chi connectivity index (χ1n) is 6.84. The van der Waals surface area contributed by atoms with E-state index in [9.17, 15) is 0 Å². The van der Waals surface area contributed by atoms with Gasteiger partial charge in [-0.25, -0.2) is 4.98 Å². The zero-order valence-electron chi connectivity index (χ0n) is 11.3. The van der Waals surface area contributed by atoms with Crippen molar-refractivity contribution >= 4 is 5.82 Å². The molecule has 100 valence electrons. The van der Waals surface area contributed by atoms with Crippen LogP contribution in [0.4, 0.5) is 5.82 Å². The Morgan fingerprint density at radius 2 is 2.44 bits per heavy atom. The van der Waals surface area contributed by atoms with E-state index in [0.29, 0.717) is 6.04 Å². The summed E-state index contributed by atoms with van der Waals surface area (Å²) in [6.07, 6.45) is 5.70. The lowest BCUT2D eigenvalue weighted by Gasteiger charge is -2.15. The van der Waals surface area contributed by atoms with E-state index in [2.05, 4.69) is 15.6 Å². The van der Waals surface area contributed by atoms with Gasteiger partial charge in [-0.1, -0.05) is 0 Å². The molecule has 1 aliphatic heterocycles. The Bertz CT molecular complexity index is 362. The molecule has 18 heavy (non-hydrogen) atoms. The summed E-state index contributed by atoms with van der Waals surface area (Å²) in [7, 11) is 0. The Morgan fingerprint density at radius 3 is 3.17 bits per heavy atom. The molecular weight excluding hydrogens is 226 g/mol. The van der Waals surface area contributed by atoms with Crippen LogP contribution in [0.3, 0.4) is 0 Å². The van der Waals surface area contributed by atoms with Crippen LogP contribution in [0.15, 0.2) is 18.3 Å². The fourth-order valence-electron chi connectivity index (χ4n) is 2.24. The maximum atomic E-state index is 5.73. The third-order valence-corrected chi connectivity index (χ3v) is 3.08. The molecule has 1 aromatic rings. The van der Waals surface area contributed by atoms with Crippen LogP contribution in [0.25, 0.3) is 0 Å². The lowest BCUT2D eigenvalue weighted by atomic mass is 10.1. The van der Waals surface area contributed by atoms with Crippen LogP contribution in [0.1, 0.15) is 33.1 Å². The number of anilines is 1. The minimum Gasteiger partial charge on any atom is -0.487 e. The zero-order chi connectivity index (χ0) is 12.8. The molecule has 2 rings (SSSR count). The minimum absolute atomic E-state index is 0.172. The van der Waals surface area contributed by atoms with Gasteiger partial charge in [0, 0.05) is 18.8 Å². The second kappa shape index (κ2) is 6.59. The van der Waals surface area contributed by atoms with E-state index in [1.54, 1.807) is 6.20 Å². The molecule has 1 atom stereocenters. The number of hydrogen-bond acceptors (Lipinski definition) is 4. The summed E-state index contributed by atoms with van der Waals surface area (Å²) in [5.74, 6) is 1.69. The maximum Gasteiger partial charge on any atom is 0.168 e. The molecule has 0 spiro atoms. The fraction of sp³-hybridized carbons (Fsp3) is 0.643. The fourth-order valence-corrected chi connectivity index (χ4v) is 2.24. The third-order valence-electron chi connectivity index (χ3n) is 3.08. The molecule has 1 aromatic heterocycles. The monoisotopic (exact) mass is 249 g/mol. The van der Waals surface area contributed by atoms with Crippen molar-refractivity contribution in [3.63, 3.8) is 0 Å². The molecule has 0 bridgehead atoms. The second-order valence-electron chi connectivity index (χ2n) is 5.03. The van der Waals surface area contributed by atoms with Crippen LogP contribution in [0, 0.1) is 0 Å². The van der Waals surface area contributed by atoms with E-state index in [0.717, 1.165) is 31.1 Å². The molecule has 4 nitrogen and oxygen atoms in total. The van der Waals surface area contributed by atoms with Gasteiger partial charge in [0.25, 0.3) is 0 Å². The summed E-state index contributed by atoms with van der Waals surface area (Å²) in [6, 6.07) is 4.53. The van der Waals surface area contributed by atoms with Gasteiger partial charge in [-0.2, -0.15) is 0 Å². The number of pyridine rings is 1. The average molecular weight is 249 g/mol. The average Bonchev–Trinajstić information content (AvgIpc) is 2.84. The zero-order valence-corrected chi connectivity index (χ0v) is 11.3. The molecule has 0 aromatic carbocycles. The van der Waals surface area contributed by atoms with Crippen molar-refractivity contribution in [1.29, 1.82) is 0 Å². The van der Waals surface area contributed by atoms with Gasteiger partial charge in [-0.15, -0.1) is 0 Å². The van der Waals surface area contributed by atoms with Crippen LogP contribution in [0.2, 0.25) is 0 Å². The summed E-state index contributed by atoms with van der Waals surface area (Å²) in [5.41, 5.74) is 0. The number of nitrogens with one attached hydrogen (secondary N) is 2. The minimum atomic E-state index is 0.172. The van der Waals surface area contributed by atoms with Crippen molar-refractivity contribution in [2.75, 3.05) is 18.4 Å². The molecule has 1 saturated heterocycles. The standard InChI is InChI=1S/C14H23N3O/c1-11(2)18-13-6-4-9-16-14(13)17-10-7-12-5-3-8-15-12/h4,6,9,11-12,15H,3,5,7-8,10H2,1-2H3,(H,16,17). The number of hydrogen-bond donors (Lipinski definition) is 2. The third kappa shape index (κ3) is 3.88. The van der Waals surface area contributed by atoms with Gasteiger partial charge < -0.3 is 15.4 Å². The van der Waals surface area contributed by atoms with Crippen molar-refractivity contribution in [3.05, 3.63) is 18.3 Å². The van der Waals surface area contributed by atoms with Gasteiger partial charge in [0.15, 0.2) is 11.6 Å².